The van der Waals surface area contributed by atoms with Crippen molar-refractivity contribution in [2.45, 2.75) is 38.6 Å². The van der Waals surface area contributed by atoms with E-state index in [0.29, 0.717) is 18.8 Å². The molecule has 0 bridgehead atoms. The molecule has 4 atom stereocenters. The summed E-state index contributed by atoms with van der Waals surface area (Å²) in [5, 5.41) is 9.51. The van der Waals surface area contributed by atoms with Gasteiger partial charge in [0.25, 0.3) is 0 Å². The molecule has 0 amide bonds. The smallest absolute Gasteiger partial charge is 0.204 e. The number of allylic oxidation sites excluding steroid dienone is 1. The van der Waals surface area contributed by atoms with E-state index in [1.54, 1.807) is 0 Å². The van der Waals surface area contributed by atoms with E-state index in [-0.39, 0.29) is 23.8 Å². The van der Waals surface area contributed by atoms with E-state index >= 15 is 0 Å². The van der Waals surface area contributed by atoms with Crippen molar-refractivity contribution >= 4 is 5.78 Å². The van der Waals surface area contributed by atoms with Gasteiger partial charge in [-0.05, 0) is 36.1 Å². The number of hydrogen-bond acceptors (Lipinski definition) is 6. The lowest BCUT2D eigenvalue weighted by atomic mass is 9.88. The molecule has 3 unspecified atom stereocenters. The first-order valence-corrected chi connectivity index (χ1v) is 14.3. The van der Waals surface area contributed by atoms with Gasteiger partial charge in [-0.1, -0.05) is 78.9 Å². The lowest BCUT2D eigenvalue weighted by Crippen LogP contribution is -2.47. The Kier molecular flexibility index (Phi) is 7.68. The van der Waals surface area contributed by atoms with Crippen LogP contribution in [0.5, 0.6) is 0 Å². The normalized spacial score (nSPS) is 24.7. The molecule has 204 valence electrons. The fourth-order valence-electron chi connectivity index (χ4n) is 6.26. The van der Waals surface area contributed by atoms with Gasteiger partial charge in [0.05, 0.1) is 23.4 Å². The second-order valence-corrected chi connectivity index (χ2v) is 11.1. The summed E-state index contributed by atoms with van der Waals surface area (Å²) in [6, 6.07) is 31.0. The Labute approximate surface area is 237 Å². The van der Waals surface area contributed by atoms with Gasteiger partial charge in [-0.25, -0.2) is 0 Å². The van der Waals surface area contributed by atoms with Gasteiger partial charge in [0.15, 0.2) is 5.76 Å². The molecule has 0 saturated carbocycles. The number of nitriles is 1. The van der Waals surface area contributed by atoms with Crippen LogP contribution >= 0.6 is 0 Å². The summed E-state index contributed by atoms with van der Waals surface area (Å²) in [6.45, 7) is 7.72. The highest BCUT2D eigenvalue weighted by Crippen LogP contribution is 2.41. The number of hydrogen-bond donors (Lipinski definition) is 0. The molecule has 6 heteroatoms. The van der Waals surface area contributed by atoms with Crippen LogP contribution in [0.25, 0.3) is 0 Å². The predicted molar refractivity (Wildman–Crippen MR) is 155 cm³/mol. The van der Waals surface area contributed by atoms with E-state index in [1.807, 2.05) is 72.8 Å². The number of nitrogens with zero attached hydrogens (tertiary/aromatic N) is 4. The Balaban J connectivity index is 1.26. The first-order chi connectivity index (χ1) is 19.6. The molecule has 3 heterocycles. The SMILES string of the molecule is CC1[C@@H](Cc2ccccc2)C(=O)C(OCc2ccccc2)=C(N2CCN(Cc3ccccc3C#N)CC2)C2CN21. The highest BCUT2D eigenvalue weighted by Gasteiger charge is 2.52. The van der Waals surface area contributed by atoms with Crippen LogP contribution in [0.1, 0.15) is 29.2 Å². The van der Waals surface area contributed by atoms with E-state index in [0.717, 1.165) is 61.7 Å². The van der Waals surface area contributed by atoms with Gasteiger partial charge in [0.2, 0.25) is 5.78 Å². The molecule has 2 fully saturated rings. The van der Waals surface area contributed by atoms with Crippen molar-refractivity contribution in [2.75, 3.05) is 32.7 Å². The van der Waals surface area contributed by atoms with Crippen LogP contribution in [0.15, 0.2) is 96.4 Å². The van der Waals surface area contributed by atoms with Crippen molar-refractivity contribution < 1.29 is 9.53 Å². The molecule has 2 saturated heterocycles. The molecule has 3 aliphatic heterocycles. The number of ketones is 1. The number of carbonyl (C=O) groups excluding carboxylic acids is 1. The molecule has 3 aliphatic rings. The van der Waals surface area contributed by atoms with E-state index in [9.17, 15) is 10.1 Å². The molecule has 6 rings (SSSR count). The summed E-state index contributed by atoms with van der Waals surface area (Å²) in [5.74, 6) is 0.532. The minimum atomic E-state index is -0.153. The van der Waals surface area contributed by atoms with E-state index in [4.69, 9.17) is 4.74 Å². The first kappa shape index (κ1) is 26.3. The Hall–Kier alpha value is -3.92. The van der Waals surface area contributed by atoms with Gasteiger partial charge < -0.3 is 9.64 Å². The van der Waals surface area contributed by atoms with Crippen LogP contribution in [-0.4, -0.2) is 65.3 Å². The molecule has 0 radical (unpaired) electrons. The third kappa shape index (κ3) is 5.54. The summed E-state index contributed by atoms with van der Waals surface area (Å²) in [4.78, 5) is 21.6. The van der Waals surface area contributed by atoms with Crippen molar-refractivity contribution in [3.8, 4) is 6.07 Å². The predicted octanol–water partition coefficient (Wildman–Crippen LogP) is 4.62. The Morgan fingerprint density at radius 2 is 1.52 bits per heavy atom. The maximum absolute atomic E-state index is 14.3. The average molecular weight is 533 g/mol. The van der Waals surface area contributed by atoms with Gasteiger partial charge in [-0.15, -0.1) is 0 Å². The van der Waals surface area contributed by atoms with Crippen LogP contribution < -0.4 is 0 Å². The Morgan fingerprint density at radius 3 is 2.23 bits per heavy atom. The molecule has 3 aromatic rings. The number of carbonyl (C=O) groups is 1. The number of ether oxygens (including phenoxy) is 1. The first-order valence-electron chi connectivity index (χ1n) is 14.3. The molecule has 3 aromatic carbocycles. The van der Waals surface area contributed by atoms with Crippen molar-refractivity contribution in [1.29, 1.82) is 5.26 Å². The fraction of sp³-hybridized carbons (Fsp3) is 0.353. The lowest BCUT2D eigenvalue weighted by molar-refractivity contribution is -0.124. The number of fused-ring (bicyclic) bond motifs is 1. The van der Waals surface area contributed by atoms with Gasteiger partial charge in [-0.3, -0.25) is 14.6 Å². The lowest BCUT2D eigenvalue weighted by Gasteiger charge is -2.38. The fourth-order valence-corrected chi connectivity index (χ4v) is 6.26. The van der Waals surface area contributed by atoms with Crippen LogP contribution in [0.3, 0.4) is 0 Å². The van der Waals surface area contributed by atoms with Crippen molar-refractivity contribution in [3.63, 3.8) is 0 Å². The van der Waals surface area contributed by atoms with Gasteiger partial charge in [0, 0.05) is 51.2 Å². The van der Waals surface area contributed by atoms with Crippen molar-refractivity contribution in [2.24, 2.45) is 5.92 Å². The molecular weight excluding hydrogens is 496 g/mol. The van der Waals surface area contributed by atoms with Gasteiger partial charge in [0.1, 0.15) is 6.61 Å². The largest absolute Gasteiger partial charge is 0.483 e. The van der Waals surface area contributed by atoms with Gasteiger partial charge >= 0.3 is 0 Å². The highest BCUT2D eigenvalue weighted by molar-refractivity contribution is 5.97. The number of rotatable bonds is 8. The summed E-state index contributed by atoms with van der Waals surface area (Å²) in [6.07, 6.45) is 0.710. The van der Waals surface area contributed by atoms with E-state index in [1.165, 1.54) is 5.56 Å². The zero-order chi connectivity index (χ0) is 27.5. The molecule has 0 aliphatic carbocycles. The molecule has 6 nitrogen and oxygen atoms in total. The third-order valence-electron chi connectivity index (χ3n) is 8.63. The topological polar surface area (TPSA) is 59.6 Å². The Morgan fingerprint density at radius 1 is 0.875 bits per heavy atom. The highest BCUT2D eigenvalue weighted by atomic mass is 16.5. The quantitative estimate of drug-likeness (QED) is 0.395. The minimum Gasteiger partial charge on any atom is -0.483 e. The van der Waals surface area contributed by atoms with Crippen LogP contribution in [0.2, 0.25) is 0 Å². The third-order valence-corrected chi connectivity index (χ3v) is 8.63. The molecular formula is C34H36N4O2. The van der Waals surface area contributed by atoms with Gasteiger partial charge in [-0.2, -0.15) is 5.26 Å². The van der Waals surface area contributed by atoms with Crippen molar-refractivity contribution in [1.82, 2.24) is 14.7 Å². The van der Waals surface area contributed by atoms with Crippen LogP contribution in [0, 0.1) is 17.2 Å². The summed E-state index contributed by atoms with van der Waals surface area (Å²) in [7, 11) is 0. The molecule has 40 heavy (non-hydrogen) atoms. The second-order valence-electron chi connectivity index (χ2n) is 11.1. The van der Waals surface area contributed by atoms with E-state index in [2.05, 4.69) is 39.8 Å². The van der Waals surface area contributed by atoms with Crippen LogP contribution in [0.4, 0.5) is 0 Å². The summed E-state index contributed by atoms with van der Waals surface area (Å²) >= 11 is 0. The number of benzene rings is 3. The summed E-state index contributed by atoms with van der Waals surface area (Å²) < 4.78 is 6.51. The van der Waals surface area contributed by atoms with Crippen LogP contribution in [-0.2, 0) is 29.1 Å². The minimum absolute atomic E-state index is 0.125. The monoisotopic (exact) mass is 532 g/mol. The number of Topliss-reactive ketones (excluding diaryl/α,β-unsaturated/α-hetero) is 1. The maximum atomic E-state index is 14.3. The zero-order valence-electron chi connectivity index (χ0n) is 23.1. The second kappa shape index (κ2) is 11.7. The summed E-state index contributed by atoms with van der Waals surface area (Å²) in [5.41, 5.74) is 5.13. The Bertz CT molecular complexity index is 1410. The van der Waals surface area contributed by atoms with E-state index < -0.39 is 0 Å². The molecule has 0 N–H and O–H groups in total. The maximum Gasteiger partial charge on any atom is 0.204 e. The number of piperazine rings is 1. The zero-order valence-corrected chi connectivity index (χ0v) is 23.1. The van der Waals surface area contributed by atoms with Crippen molar-refractivity contribution in [3.05, 3.63) is 119 Å². The standard InChI is InChI=1S/C34H36N4O2/c1-25-30(20-26-10-4-2-5-11-26)33(39)34(40-24-27-12-6-3-7-13-27)32(31-23-38(25)31)37-18-16-36(17-19-37)22-29-15-9-8-14-28(29)21-35/h2-15,25,30-31H,16-20,22-24H2,1H3/t25?,30-,31?,38?/m1/s1. The average Bonchev–Trinajstić information content (AvgIpc) is 3.80. The molecule has 0 spiro atoms. The molecule has 0 aromatic heterocycles.